The fourth-order valence-electron chi connectivity index (χ4n) is 4.33. The van der Waals surface area contributed by atoms with Gasteiger partial charge in [0.15, 0.2) is 0 Å². The molecule has 2 amide bonds. The van der Waals surface area contributed by atoms with E-state index in [9.17, 15) is 32.3 Å². The van der Waals surface area contributed by atoms with Crippen LogP contribution in [0.25, 0.3) is 0 Å². The summed E-state index contributed by atoms with van der Waals surface area (Å²) in [6, 6.07) is 10.5. The molecule has 4 rings (SSSR count). The fourth-order valence-corrected chi connectivity index (χ4v) is 4.33. The van der Waals surface area contributed by atoms with Gasteiger partial charge in [0.05, 0.1) is 48.8 Å². The summed E-state index contributed by atoms with van der Waals surface area (Å²) in [5.41, 5.74) is -1.37. The van der Waals surface area contributed by atoms with Gasteiger partial charge in [-0.1, -0.05) is 30.3 Å². The van der Waals surface area contributed by atoms with E-state index in [1.54, 1.807) is 12.1 Å². The van der Waals surface area contributed by atoms with Gasteiger partial charge in [0.1, 0.15) is 17.4 Å². The molecule has 2 heterocycles. The topological polar surface area (TPSA) is 120 Å². The van der Waals surface area contributed by atoms with Crippen LogP contribution in [0.3, 0.4) is 0 Å². The number of rotatable bonds is 5. The molecule has 13 heteroatoms. The number of fused-ring (bicyclic) bond motifs is 1. The number of nitrogens with one attached hydrogen (secondary N) is 1. The van der Waals surface area contributed by atoms with Crippen molar-refractivity contribution in [3.05, 3.63) is 93.7 Å². The van der Waals surface area contributed by atoms with E-state index in [4.69, 9.17) is 9.47 Å². The van der Waals surface area contributed by atoms with Crippen LogP contribution in [0.5, 0.6) is 0 Å². The van der Waals surface area contributed by atoms with E-state index in [2.05, 4.69) is 14.8 Å². The van der Waals surface area contributed by atoms with E-state index in [1.807, 2.05) is 0 Å². The SMILES string of the molecule is COC(=O)OC1=C(C)NC(CN2C(=O)c3ccccc3C2=O)=C(OC(=O)OC)C1c1ccccc1C(F)(F)F. The molecule has 1 atom stereocenters. The number of nitrogens with zero attached hydrogens (tertiary/aromatic N) is 1. The van der Waals surface area contributed by atoms with Crippen LogP contribution in [0, 0.1) is 0 Å². The fraction of sp³-hybridized carbons (Fsp3) is 0.231. The van der Waals surface area contributed by atoms with Crippen molar-refractivity contribution in [3.8, 4) is 0 Å². The summed E-state index contributed by atoms with van der Waals surface area (Å²) < 4.78 is 61.9. The van der Waals surface area contributed by atoms with E-state index >= 15 is 0 Å². The van der Waals surface area contributed by atoms with Crippen LogP contribution in [-0.2, 0) is 25.1 Å². The minimum Gasteiger partial charge on any atom is -0.437 e. The van der Waals surface area contributed by atoms with Gasteiger partial charge in [-0.3, -0.25) is 14.5 Å². The Balaban J connectivity index is 1.90. The number of dihydropyridines is 1. The largest absolute Gasteiger partial charge is 0.513 e. The Kier molecular flexibility index (Phi) is 7.34. The summed E-state index contributed by atoms with van der Waals surface area (Å²) in [5.74, 6) is -3.82. The Morgan fingerprint density at radius 1 is 0.872 bits per heavy atom. The molecule has 2 aliphatic heterocycles. The summed E-state index contributed by atoms with van der Waals surface area (Å²) in [6.45, 7) is 0.866. The standard InChI is InChI=1S/C26H21F3N2O8/c1-13-20(38-24(34)36-2)19(16-10-6-7-11-17(16)26(27,28)29)21(39-25(35)37-3)18(30-13)12-31-22(32)14-8-4-5-9-15(14)23(31)33/h4-11,19,30H,12H2,1-3H3. The van der Waals surface area contributed by atoms with Gasteiger partial charge >= 0.3 is 18.5 Å². The lowest BCUT2D eigenvalue weighted by molar-refractivity contribution is -0.138. The monoisotopic (exact) mass is 546 g/mol. The second-order valence-corrected chi connectivity index (χ2v) is 8.33. The summed E-state index contributed by atoms with van der Waals surface area (Å²) >= 11 is 0. The molecule has 0 fully saturated rings. The number of alkyl halides is 3. The van der Waals surface area contributed by atoms with Gasteiger partial charge < -0.3 is 24.3 Å². The minimum atomic E-state index is -4.86. The number of carbonyl (C=O) groups excluding carboxylic acids is 4. The van der Waals surface area contributed by atoms with Crippen LogP contribution in [0.15, 0.2) is 71.4 Å². The Morgan fingerprint density at radius 2 is 1.38 bits per heavy atom. The molecule has 0 bridgehead atoms. The van der Waals surface area contributed by atoms with E-state index in [-0.39, 0.29) is 28.3 Å². The number of hydrogen-bond acceptors (Lipinski definition) is 9. The van der Waals surface area contributed by atoms with Crippen LogP contribution in [0.4, 0.5) is 22.8 Å². The highest BCUT2D eigenvalue weighted by molar-refractivity contribution is 6.21. The molecule has 2 aliphatic rings. The molecule has 0 radical (unpaired) electrons. The molecular formula is C26H21F3N2O8. The number of benzene rings is 2. The highest BCUT2D eigenvalue weighted by Crippen LogP contribution is 2.45. The van der Waals surface area contributed by atoms with Crippen molar-refractivity contribution in [2.45, 2.75) is 19.0 Å². The average Bonchev–Trinajstić information content (AvgIpc) is 3.15. The number of amides is 2. The van der Waals surface area contributed by atoms with Gasteiger partial charge in [-0.25, -0.2) is 9.59 Å². The molecule has 0 aromatic heterocycles. The molecule has 0 aliphatic carbocycles. The van der Waals surface area contributed by atoms with Crippen molar-refractivity contribution in [3.63, 3.8) is 0 Å². The number of methoxy groups -OCH3 is 2. The number of carbonyl (C=O) groups is 4. The molecule has 1 N–H and O–H groups in total. The van der Waals surface area contributed by atoms with Gasteiger partial charge in [-0.05, 0) is 30.7 Å². The first-order valence-corrected chi connectivity index (χ1v) is 11.3. The Labute approximate surface area is 219 Å². The summed E-state index contributed by atoms with van der Waals surface area (Å²) in [4.78, 5) is 51.2. The highest BCUT2D eigenvalue weighted by Gasteiger charge is 2.44. The molecule has 2 aromatic rings. The second-order valence-electron chi connectivity index (χ2n) is 8.33. The predicted octanol–water partition coefficient (Wildman–Crippen LogP) is 4.70. The molecule has 204 valence electrons. The Bertz CT molecular complexity index is 1400. The van der Waals surface area contributed by atoms with Gasteiger partial charge in [0.2, 0.25) is 0 Å². The lowest BCUT2D eigenvalue weighted by atomic mass is 9.87. The second kappa shape index (κ2) is 10.5. The van der Waals surface area contributed by atoms with Crippen molar-refractivity contribution >= 4 is 24.1 Å². The Hall–Kier alpha value is -4.81. The van der Waals surface area contributed by atoms with Crippen molar-refractivity contribution in [1.82, 2.24) is 10.2 Å². The van der Waals surface area contributed by atoms with Gasteiger partial charge in [0, 0.05) is 0 Å². The quantitative estimate of drug-likeness (QED) is 0.420. The zero-order valence-electron chi connectivity index (χ0n) is 20.8. The van der Waals surface area contributed by atoms with E-state index in [0.717, 1.165) is 37.3 Å². The van der Waals surface area contributed by atoms with E-state index < -0.39 is 59.7 Å². The molecular weight excluding hydrogens is 525 g/mol. The number of halogens is 3. The minimum absolute atomic E-state index is 0.0335. The summed E-state index contributed by atoms with van der Waals surface area (Å²) in [6.07, 6.45) is -7.41. The number of hydrogen-bond donors (Lipinski definition) is 1. The maximum Gasteiger partial charge on any atom is 0.513 e. The average molecular weight is 546 g/mol. The van der Waals surface area contributed by atoms with Crippen LogP contribution in [0.1, 0.15) is 44.7 Å². The molecule has 0 saturated heterocycles. The van der Waals surface area contributed by atoms with Crippen LogP contribution >= 0.6 is 0 Å². The summed E-state index contributed by atoms with van der Waals surface area (Å²) in [5, 5.41) is 2.79. The number of imide groups is 1. The zero-order chi connectivity index (χ0) is 28.5. The molecule has 39 heavy (non-hydrogen) atoms. The van der Waals surface area contributed by atoms with Crippen molar-refractivity contribution in [2.75, 3.05) is 20.8 Å². The lowest BCUT2D eigenvalue weighted by Gasteiger charge is -2.33. The third-order valence-electron chi connectivity index (χ3n) is 6.02. The highest BCUT2D eigenvalue weighted by atomic mass is 19.4. The normalized spacial score (nSPS) is 17.1. The van der Waals surface area contributed by atoms with Gasteiger partial charge in [0.25, 0.3) is 11.8 Å². The number of ether oxygens (including phenoxy) is 4. The third-order valence-corrected chi connectivity index (χ3v) is 6.02. The first-order chi connectivity index (χ1) is 18.5. The number of allylic oxidation sites excluding steroid dienone is 1. The first-order valence-electron chi connectivity index (χ1n) is 11.3. The van der Waals surface area contributed by atoms with E-state index in [0.29, 0.717) is 0 Å². The smallest absolute Gasteiger partial charge is 0.437 e. The molecule has 0 spiro atoms. The van der Waals surface area contributed by atoms with E-state index in [1.165, 1.54) is 25.1 Å². The molecule has 2 aromatic carbocycles. The van der Waals surface area contributed by atoms with Crippen molar-refractivity contribution < 1.29 is 51.3 Å². The Morgan fingerprint density at radius 3 is 1.92 bits per heavy atom. The molecule has 10 nitrogen and oxygen atoms in total. The third kappa shape index (κ3) is 5.15. The predicted molar refractivity (Wildman–Crippen MR) is 126 cm³/mol. The van der Waals surface area contributed by atoms with Crippen LogP contribution < -0.4 is 5.32 Å². The zero-order valence-corrected chi connectivity index (χ0v) is 20.8. The van der Waals surface area contributed by atoms with Gasteiger partial charge in [-0.2, -0.15) is 13.2 Å². The van der Waals surface area contributed by atoms with Crippen molar-refractivity contribution in [1.29, 1.82) is 0 Å². The van der Waals surface area contributed by atoms with Crippen LogP contribution in [0.2, 0.25) is 0 Å². The first kappa shape index (κ1) is 27.2. The van der Waals surface area contributed by atoms with Crippen molar-refractivity contribution in [2.24, 2.45) is 0 Å². The lowest BCUT2D eigenvalue weighted by Crippen LogP contribution is -2.39. The molecule has 1 unspecified atom stereocenters. The van der Waals surface area contributed by atoms with Gasteiger partial charge in [-0.15, -0.1) is 0 Å². The maximum absolute atomic E-state index is 14.1. The molecule has 0 saturated carbocycles. The maximum atomic E-state index is 14.1. The summed E-state index contributed by atoms with van der Waals surface area (Å²) in [7, 11) is 1.98. The van der Waals surface area contributed by atoms with Crippen LogP contribution in [-0.4, -0.2) is 49.8 Å².